The summed E-state index contributed by atoms with van der Waals surface area (Å²) in [6.07, 6.45) is 1.46. The van der Waals surface area contributed by atoms with E-state index in [-0.39, 0.29) is 41.5 Å². The van der Waals surface area contributed by atoms with Crippen molar-refractivity contribution < 1.29 is 13.6 Å². The maximum atomic E-state index is 13.1. The maximum Gasteiger partial charge on any atom is 0.291 e. The number of anilines is 2. The van der Waals surface area contributed by atoms with Gasteiger partial charge in [0.25, 0.3) is 5.91 Å². The van der Waals surface area contributed by atoms with E-state index in [1.807, 2.05) is 24.3 Å². The van der Waals surface area contributed by atoms with Crippen LogP contribution in [0.4, 0.5) is 15.8 Å². The molecule has 4 rings (SSSR count). The number of furan rings is 1. The van der Waals surface area contributed by atoms with Crippen molar-refractivity contribution in [3.05, 3.63) is 84.1 Å². The fourth-order valence-corrected chi connectivity index (χ4v) is 3.41. The number of aliphatic imine (C=N–C) groups is 1. The zero-order valence-corrected chi connectivity index (χ0v) is 19.7. The van der Waals surface area contributed by atoms with Crippen LogP contribution in [-0.2, 0) is 6.54 Å². The van der Waals surface area contributed by atoms with Gasteiger partial charge in [-0.15, -0.1) is 24.0 Å². The molecule has 1 aliphatic heterocycles. The fourth-order valence-electron chi connectivity index (χ4n) is 3.41. The van der Waals surface area contributed by atoms with Crippen molar-refractivity contribution in [2.24, 2.45) is 10.7 Å². The smallest absolute Gasteiger partial charge is 0.291 e. The Bertz CT molecular complexity index is 1030. The monoisotopic (exact) mass is 549 g/mol. The third-order valence-corrected chi connectivity index (χ3v) is 5.18. The highest BCUT2D eigenvalue weighted by Gasteiger charge is 2.18. The number of hydrogen-bond donors (Lipinski definition) is 2. The minimum atomic E-state index is -0.292. The van der Waals surface area contributed by atoms with Gasteiger partial charge < -0.3 is 25.3 Å². The van der Waals surface area contributed by atoms with Crippen molar-refractivity contribution >= 4 is 47.2 Å². The lowest BCUT2D eigenvalue weighted by Crippen LogP contribution is -2.51. The normalized spacial score (nSPS) is 14.1. The van der Waals surface area contributed by atoms with Gasteiger partial charge in [-0.1, -0.05) is 12.1 Å². The Morgan fingerprint density at radius 3 is 2.34 bits per heavy atom. The Hall–Kier alpha value is -3.08. The number of halogens is 2. The molecular weight excluding hydrogens is 524 g/mol. The zero-order valence-electron chi connectivity index (χ0n) is 17.4. The first-order chi connectivity index (χ1) is 15.1. The van der Waals surface area contributed by atoms with E-state index in [9.17, 15) is 9.18 Å². The highest BCUT2D eigenvalue weighted by atomic mass is 127. The molecule has 32 heavy (non-hydrogen) atoms. The molecule has 3 aromatic rings. The number of rotatable bonds is 5. The standard InChI is InChI=1S/C23H24FN5O2.HI/c24-18-5-9-20(10-6-18)28-11-13-29(14-12-28)23(25)26-16-17-3-7-19(8-4-17)27-22(30)21-2-1-15-31-21;/h1-10,15H,11-14,16H2,(H2,25,26)(H,27,30);1H. The molecule has 3 N–H and O–H groups in total. The lowest BCUT2D eigenvalue weighted by atomic mass is 10.2. The van der Waals surface area contributed by atoms with E-state index in [0.717, 1.165) is 37.4 Å². The van der Waals surface area contributed by atoms with E-state index >= 15 is 0 Å². The molecule has 7 nitrogen and oxygen atoms in total. The Morgan fingerprint density at radius 1 is 1.03 bits per heavy atom. The number of guanidine groups is 1. The van der Waals surface area contributed by atoms with E-state index < -0.39 is 0 Å². The van der Waals surface area contributed by atoms with Crippen LogP contribution in [0.3, 0.4) is 0 Å². The van der Waals surface area contributed by atoms with Gasteiger partial charge in [-0.2, -0.15) is 0 Å². The van der Waals surface area contributed by atoms with Gasteiger partial charge in [0, 0.05) is 37.6 Å². The van der Waals surface area contributed by atoms with Gasteiger partial charge in [-0.3, -0.25) is 4.79 Å². The minimum absolute atomic E-state index is 0. The molecule has 168 valence electrons. The molecule has 0 unspecified atom stereocenters. The van der Waals surface area contributed by atoms with E-state index in [2.05, 4.69) is 20.1 Å². The van der Waals surface area contributed by atoms with E-state index in [1.165, 1.54) is 18.4 Å². The molecule has 2 aromatic carbocycles. The van der Waals surface area contributed by atoms with Crippen LogP contribution >= 0.6 is 24.0 Å². The summed E-state index contributed by atoms with van der Waals surface area (Å²) in [4.78, 5) is 20.8. The summed E-state index contributed by atoms with van der Waals surface area (Å²) in [5, 5.41) is 2.78. The Balaban J connectivity index is 0.00000289. The first-order valence-electron chi connectivity index (χ1n) is 10.1. The summed E-state index contributed by atoms with van der Waals surface area (Å²) >= 11 is 0. The molecule has 9 heteroatoms. The van der Waals surface area contributed by atoms with Crippen molar-refractivity contribution in [3.63, 3.8) is 0 Å². The van der Waals surface area contributed by atoms with Gasteiger partial charge in [-0.05, 0) is 54.1 Å². The highest BCUT2D eigenvalue weighted by Crippen LogP contribution is 2.17. The van der Waals surface area contributed by atoms with Gasteiger partial charge in [0.05, 0.1) is 12.8 Å². The second-order valence-electron chi connectivity index (χ2n) is 7.25. The molecule has 1 aromatic heterocycles. The average molecular weight is 549 g/mol. The number of benzene rings is 2. The number of carbonyl (C=O) groups excluding carboxylic acids is 1. The second kappa shape index (κ2) is 11.0. The van der Waals surface area contributed by atoms with Crippen LogP contribution in [0.5, 0.6) is 0 Å². The van der Waals surface area contributed by atoms with Crippen LogP contribution in [0.25, 0.3) is 0 Å². The maximum absolute atomic E-state index is 13.1. The van der Waals surface area contributed by atoms with Crippen molar-refractivity contribution in [1.82, 2.24) is 4.90 Å². The molecule has 1 amide bonds. The van der Waals surface area contributed by atoms with Gasteiger partial charge in [0.2, 0.25) is 0 Å². The van der Waals surface area contributed by atoms with Gasteiger partial charge in [0.15, 0.2) is 11.7 Å². The molecule has 0 radical (unpaired) electrons. The minimum Gasteiger partial charge on any atom is -0.459 e. The molecule has 0 bridgehead atoms. The predicted octanol–water partition coefficient (Wildman–Crippen LogP) is 3.93. The summed E-state index contributed by atoms with van der Waals surface area (Å²) in [6, 6.07) is 17.3. The predicted molar refractivity (Wildman–Crippen MR) is 134 cm³/mol. The molecule has 0 spiro atoms. The van der Waals surface area contributed by atoms with Gasteiger partial charge >= 0.3 is 0 Å². The number of nitrogens with one attached hydrogen (secondary N) is 1. The Morgan fingerprint density at radius 2 is 1.72 bits per heavy atom. The molecule has 0 aliphatic carbocycles. The Labute approximate surface area is 203 Å². The zero-order chi connectivity index (χ0) is 21.6. The van der Waals surface area contributed by atoms with Crippen molar-refractivity contribution in [2.75, 3.05) is 36.4 Å². The molecular formula is C23H25FIN5O2. The number of piperazine rings is 1. The van der Waals surface area contributed by atoms with Crippen LogP contribution in [0, 0.1) is 5.82 Å². The summed E-state index contributed by atoms with van der Waals surface area (Å²) < 4.78 is 18.2. The van der Waals surface area contributed by atoms with E-state index in [4.69, 9.17) is 10.2 Å². The van der Waals surface area contributed by atoms with Crippen molar-refractivity contribution in [2.45, 2.75) is 6.54 Å². The second-order valence-corrected chi connectivity index (χ2v) is 7.25. The van der Waals surface area contributed by atoms with Gasteiger partial charge in [-0.25, -0.2) is 9.38 Å². The van der Waals surface area contributed by atoms with E-state index in [0.29, 0.717) is 18.2 Å². The topological polar surface area (TPSA) is 87.1 Å². The molecule has 1 fully saturated rings. The third-order valence-electron chi connectivity index (χ3n) is 5.18. The first kappa shape index (κ1) is 23.6. The number of nitrogens with zero attached hydrogens (tertiary/aromatic N) is 3. The van der Waals surface area contributed by atoms with Crippen LogP contribution in [-0.4, -0.2) is 42.9 Å². The SMILES string of the molecule is I.NC(=NCc1ccc(NC(=O)c2ccco2)cc1)N1CCN(c2ccc(F)cc2)CC1. The molecule has 0 atom stereocenters. The lowest BCUT2D eigenvalue weighted by Gasteiger charge is -2.36. The molecule has 2 heterocycles. The summed E-state index contributed by atoms with van der Waals surface area (Å²) in [5.74, 6) is 0.251. The van der Waals surface area contributed by atoms with Gasteiger partial charge in [0.1, 0.15) is 5.82 Å². The largest absolute Gasteiger partial charge is 0.459 e. The quantitative estimate of drug-likeness (QED) is 0.286. The third kappa shape index (κ3) is 6.00. The molecule has 1 saturated heterocycles. The lowest BCUT2D eigenvalue weighted by molar-refractivity contribution is 0.0996. The number of carbonyl (C=O) groups is 1. The Kier molecular flexibility index (Phi) is 8.09. The first-order valence-corrected chi connectivity index (χ1v) is 10.1. The van der Waals surface area contributed by atoms with Crippen molar-refractivity contribution in [1.29, 1.82) is 0 Å². The van der Waals surface area contributed by atoms with Crippen LogP contribution < -0.4 is 16.0 Å². The summed E-state index contributed by atoms with van der Waals surface area (Å²) in [7, 11) is 0. The fraction of sp³-hybridized carbons (Fsp3) is 0.217. The average Bonchev–Trinajstić information content (AvgIpc) is 3.34. The number of hydrogen-bond acceptors (Lipinski definition) is 4. The molecule has 0 saturated carbocycles. The van der Waals surface area contributed by atoms with Crippen LogP contribution in [0.2, 0.25) is 0 Å². The number of nitrogens with two attached hydrogens (primary N) is 1. The van der Waals surface area contributed by atoms with Crippen LogP contribution in [0.15, 0.2) is 76.3 Å². The van der Waals surface area contributed by atoms with E-state index in [1.54, 1.807) is 24.3 Å². The van der Waals surface area contributed by atoms with Crippen LogP contribution in [0.1, 0.15) is 16.1 Å². The summed E-state index contributed by atoms with van der Waals surface area (Å²) in [6.45, 7) is 3.56. The van der Waals surface area contributed by atoms with Crippen molar-refractivity contribution in [3.8, 4) is 0 Å². The summed E-state index contributed by atoms with van der Waals surface area (Å²) in [5.41, 5.74) is 8.87. The number of amides is 1. The molecule has 1 aliphatic rings. The highest BCUT2D eigenvalue weighted by molar-refractivity contribution is 14.0.